The maximum absolute atomic E-state index is 10.2. The average molecular weight is 246 g/mol. The van der Waals surface area contributed by atoms with Crippen LogP contribution in [-0.4, -0.2) is 37.0 Å². The third-order valence-electron chi connectivity index (χ3n) is 4.48. The van der Waals surface area contributed by atoms with E-state index in [4.69, 9.17) is 5.73 Å². The van der Waals surface area contributed by atoms with E-state index in [0.717, 1.165) is 17.5 Å². The summed E-state index contributed by atoms with van der Waals surface area (Å²) in [6.45, 7) is 0. The van der Waals surface area contributed by atoms with Gasteiger partial charge in [0, 0.05) is 6.20 Å². The molecule has 0 bridgehead atoms. The lowest BCUT2D eigenvalue weighted by molar-refractivity contribution is 0.00222. The predicted octanol–water partition coefficient (Wildman–Crippen LogP) is -0.146. The maximum Gasteiger partial charge on any atom is 0.146 e. The minimum atomic E-state index is -0.728. The van der Waals surface area contributed by atoms with E-state index in [9.17, 15) is 10.2 Å². The molecule has 0 saturated heterocycles. The van der Waals surface area contributed by atoms with Gasteiger partial charge in [0.2, 0.25) is 0 Å². The first kappa shape index (κ1) is 10.3. The van der Waals surface area contributed by atoms with Crippen LogP contribution in [0.5, 0.6) is 0 Å². The molecular weight excluding hydrogens is 232 g/mol. The van der Waals surface area contributed by atoms with E-state index >= 15 is 0 Å². The summed E-state index contributed by atoms with van der Waals surface area (Å²) >= 11 is 0. The highest BCUT2D eigenvalue weighted by Gasteiger charge is 2.67. The molecule has 2 heterocycles. The summed E-state index contributed by atoms with van der Waals surface area (Å²) < 4.78 is 1.96. The van der Waals surface area contributed by atoms with Gasteiger partial charge in [-0.05, 0) is 24.8 Å². The van der Waals surface area contributed by atoms with E-state index in [1.165, 1.54) is 6.33 Å². The zero-order valence-electron chi connectivity index (χ0n) is 9.69. The number of nitrogens with zero attached hydrogens (tertiary/aromatic N) is 3. The SMILES string of the molecule is Nc1ncnc2c1ccn2C12CC1CC(O)C2O. The molecule has 2 aromatic heterocycles. The second-order valence-electron chi connectivity index (χ2n) is 5.32. The number of nitrogens with two attached hydrogens (primary N) is 1. The number of aromatic nitrogens is 3. The van der Waals surface area contributed by atoms with Gasteiger partial charge in [-0.25, -0.2) is 9.97 Å². The van der Waals surface area contributed by atoms with E-state index in [-0.39, 0.29) is 5.54 Å². The molecule has 6 nitrogen and oxygen atoms in total. The molecule has 0 spiro atoms. The molecule has 2 saturated carbocycles. The number of rotatable bonds is 1. The van der Waals surface area contributed by atoms with Gasteiger partial charge in [0.25, 0.3) is 0 Å². The normalized spacial score (nSPS) is 38.0. The first-order chi connectivity index (χ1) is 8.64. The summed E-state index contributed by atoms with van der Waals surface area (Å²) in [6, 6.07) is 1.87. The third-order valence-corrected chi connectivity index (χ3v) is 4.48. The van der Waals surface area contributed by atoms with Gasteiger partial charge in [-0.1, -0.05) is 0 Å². The quantitative estimate of drug-likeness (QED) is 0.650. The molecule has 0 aromatic carbocycles. The summed E-state index contributed by atoms with van der Waals surface area (Å²) in [4.78, 5) is 8.22. The van der Waals surface area contributed by atoms with Gasteiger partial charge in [0.15, 0.2) is 0 Å². The second kappa shape index (κ2) is 3.02. The molecule has 2 fully saturated rings. The molecule has 4 unspecified atom stereocenters. The number of aliphatic hydroxyl groups is 2. The fraction of sp³-hybridized carbons (Fsp3) is 0.500. The molecule has 2 aromatic rings. The van der Waals surface area contributed by atoms with Crippen molar-refractivity contribution in [2.75, 3.05) is 5.73 Å². The van der Waals surface area contributed by atoms with E-state index in [0.29, 0.717) is 18.2 Å². The van der Waals surface area contributed by atoms with Gasteiger partial charge in [-0.3, -0.25) is 0 Å². The van der Waals surface area contributed by atoms with Crippen LogP contribution >= 0.6 is 0 Å². The first-order valence-electron chi connectivity index (χ1n) is 6.09. The average Bonchev–Trinajstić information content (AvgIpc) is 2.78. The minimum absolute atomic E-state index is 0.328. The van der Waals surface area contributed by atoms with E-state index in [1.54, 1.807) is 0 Å². The summed E-state index contributed by atoms with van der Waals surface area (Å²) in [5, 5.41) is 20.8. The molecule has 4 atom stereocenters. The van der Waals surface area contributed by atoms with Gasteiger partial charge < -0.3 is 20.5 Å². The fourth-order valence-electron chi connectivity index (χ4n) is 3.48. The number of hydrogen-bond acceptors (Lipinski definition) is 5. The van der Waals surface area contributed by atoms with Crippen LogP contribution in [0, 0.1) is 5.92 Å². The second-order valence-corrected chi connectivity index (χ2v) is 5.32. The number of aliphatic hydroxyl groups excluding tert-OH is 2. The minimum Gasteiger partial charge on any atom is -0.390 e. The van der Waals surface area contributed by atoms with Crippen LogP contribution < -0.4 is 5.73 Å². The van der Waals surface area contributed by atoms with E-state index < -0.39 is 12.2 Å². The Kier molecular flexibility index (Phi) is 1.72. The smallest absolute Gasteiger partial charge is 0.146 e. The molecule has 18 heavy (non-hydrogen) atoms. The van der Waals surface area contributed by atoms with Crippen molar-refractivity contribution in [1.29, 1.82) is 0 Å². The molecular formula is C12H14N4O2. The summed E-state index contributed by atoms with van der Waals surface area (Å²) in [7, 11) is 0. The fourth-order valence-corrected chi connectivity index (χ4v) is 3.48. The molecule has 4 N–H and O–H groups in total. The number of nitrogen functional groups attached to an aromatic ring is 1. The van der Waals surface area contributed by atoms with Crippen LogP contribution in [0.25, 0.3) is 11.0 Å². The van der Waals surface area contributed by atoms with Crippen LogP contribution in [0.15, 0.2) is 18.6 Å². The third kappa shape index (κ3) is 1.01. The van der Waals surface area contributed by atoms with Crippen molar-refractivity contribution in [3.63, 3.8) is 0 Å². The lowest BCUT2D eigenvalue weighted by Crippen LogP contribution is -2.36. The van der Waals surface area contributed by atoms with Gasteiger partial charge in [-0.2, -0.15) is 0 Å². The molecule has 0 aliphatic heterocycles. The predicted molar refractivity (Wildman–Crippen MR) is 64.7 cm³/mol. The Bertz CT molecular complexity index is 640. The van der Waals surface area contributed by atoms with Gasteiger partial charge in [0.1, 0.15) is 23.9 Å². The number of hydrogen-bond donors (Lipinski definition) is 3. The Morgan fingerprint density at radius 3 is 2.94 bits per heavy atom. The molecule has 6 heteroatoms. The van der Waals surface area contributed by atoms with Crippen molar-refractivity contribution in [2.45, 2.75) is 30.6 Å². The molecule has 94 valence electrons. The monoisotopic (exact) mass is 246 g/mol. The molecule has 2 aliphatic rings. The van der Waals surface area contributed by atoms with E-state index in [1.807, 2.05) is 16.8 Å². The van der Waals surface area contributed by atoms with E-state index in [2.05, 4.69) is 9.97 Å². The van der Waals surface area contributed by atoms with Gasteiger partial charge >= 0.3 is 0 Å². The summed E-state index contributed by atoms with van der Waals surface area (Å²) in [5.41, 5.74) is 6.16. The highest BCUT2D eigenvalue weighted by molar-refractivity contribution is 5.86. The summed E-state index contributed by atoms with van der Waals surface area (Å²) in [6.07, 6.45) is 3.49. The van der Waals surface area contributed by atoms with Crippen LogP contribution in [0.3, 0.4) is 0 Å². The Labute approximate surface area is 103 Å². The van der Waals surface area contributed by atoms with Gasteiger partial charge in [0.05, 0.1) is 17.0 Å². The standard InChI is InChI=1S/C12H14N4O2/c13-10-7-1-2-16(11(7)15-5-14-10)12-4-6(12)3-8(17)9(12)18/h1-2,5-6,8-9,17-18H,3-4H2,(H2,13,14,15). The van der Waals surface area contributed by atoms with Crippen molar-refractivity contribution in [3.05, 3.63) is 18.6 Å². The van der Waals surface area contributed by atoms with Crippen LogP contribution in [-0.2, 0) is 5.54 Å². The van der Waals surface area contributed by atoms with Crippen molar-refractivity contribution in [2.24, 2.45) is 5.92 Å². The Morgan fingerprint density at radius 2 is 2.22 bits per heavy atom. The molecule has 0 radical (unpaired) electrons. The lowest BCUT2D eigenvalue weighted by atomic mass is 10.1. The van der Waals surface area contributed by atoms with Crippen LogP contribution in [0.1, 0.15) is 12.8 Å². The maximum atomic E-state index is 10.2. The summed E-state index contributed by atoms with van der Waals surface area (Å²) in [5.74, 6) is 0.773. The number of fused-ring (bicyclic) bond motifs is 2. The Morgan fingerprint density at radius 1 is 1.39 bits per heavy atom. The van der Waals surface area contributed by atoms with Crippen LogP contribution in [0.4, 0.5) is 5.82 Å². The van der Waals surface area contributed by atoms with Crippen LogP contribution in [0.2, 0.25) is 0 Å². The van der Waals surface area contributed by atoms with Crippen molar-refractivity contribution >= 4 is 16.9 Å². The van der Waals surface area contributed by atoms with Crippen molar-refractivity contribution in [3.8, 4) is 0 Å². The zero-order valence-corrected chi connectivity index (χ0v) is 9.69. The first-order valence-corrected chi connectivity index (χ1v) is 6.09. The van der Waals surface area contributed by atoms with Crippen molar-refractivity contribution in [1.82, 2.24) is 14.5 Å². The Balaban J connectivity index is 1.92. The largest absolute Gasteiger partial charge is 0.390 e. The topological polar surface area (TPSA) is 97.2 Å². The number of anilines is 1. The zero-order chi connectivity index (χ0) is 12.5. The molecule has 2 aliphatic carbocycles. The Hall–Kier alpha value is -1.66. The van der Waals surface area contributed by atoms with Gasteiger partial charge in [-0.15, -0.1) is 0 Å². The molecule has 4 rings (SSSR count). The lowest BCUT2D eigenvalue weighted by Gasteiger charge is -2.23. The highest BCUT2D eigenvalue weighted by Crippen LogP contribution is 2.62. The van der Waals surface area contributed by atoms with Crippen molar-refractivity contribution < 1.29 is 10.2 Å². The molecule has 0 amide bonds. The highest BCUT2D eigenvalue weighted by atomic mass is 16.3.